The number of carbonyl (C=O) groups is 2. The van der Waals surface area contributed by atoms with E-state index in [9.17, 15) is 19.1 Å². The topological polar surface area (TPSA) is 99.7 Å². The highest BCUT2D eigenvalue weighted by atomic mass is 35.5. The van der Waals surface area contributed by atoms with Gasteiger partial charge < -0.3 is 25.8 Å². The summed E-state index contributed by atoms with van der Waals surface area (Å²) < 4.78 is 18.9. The number of hydrogen-bond donors (Lipinski definition) is 4. The number of aliphatic hydroxyl groups is 1. The van der Waals surface area contributed by atoms with Gasteiger partial charge >= 0.3 is 6.03 Å². The van der Waals surface area contributed by atoms with Gasteiger partial charge in [-0.05, 0) is 61.7 Å². The predicted molar refractivity (Wildman–Crippen MR) is 121 cm³/mol. The van der Waals surface area contributed by atoms with Crippen LogP contribution in [0, 0.1) is 5.82 Å². The summed E-state index contributed by atoms with van der Waals surface area (Å²) in [4.78, 5) is 24.5. The van der Waals surface area contributed by atoms with Crippen LogP contribution in [0.4, 0.5) is 14.9 Å². The van der Waals surface area contributed by atoms with E-state index in [1.165, 1.54) is 36.4 Å². The van der Waals surface area contributed by atoms with Crippen LogP contribution in [-0.4, -0.2) is 48.4 Å². The van der Waals surface area contributed by atoms with E-state index in [4.69, 9.17) is 27.9 Å². The van der Waals surface area contributed by atoms with Gasteiger partial charge in [-0.15, -0.1) is 0 Å². The number of carbonyl (C=O) groups excluding carboxylic acids is 2. The second kappa shape index (κ2) is 11.5. The number of urea groups is 1. The Bertz CT molecular complexity index is 925. The van der Waals surface area contributed by atoms with Crippen LogP contribution in [0.25, 0.3) is 0 Å². The molecule has 3 rings (SSSR count). The minimum absolute atomic E-state index is 0.173. The molecule has 7 nitrogen and oxygen atoms in total. The molecule has 2 aromatic rings. The Labute approximate surface area is 195 Å². The quantitative estimate of drug-likeness (QED) is 0.478. The number of ether oxygens (including phenoxy) is 1. The Morgan fingerprint density at radius 2 is 1.78 bits per heavy atom. The van der Waals surface area contributed by atoms with Crippen LogP contribution in [0.3, 0.4) is 0 Å². The van der Waals surface area contributed by atoms with Crippen molar-refractivity contribution >= 4 is 40.8 Å². The van der Waals surface area contributed by atoms with Gasteiger partial charge in [0.2, 0.25) is 0 Å². The number of benzene rings is 2. The molecule has 0 aliphatic carbocycles. The molecule has 0 radical (unpaired) electrons. The minimum Gasteiger partial charge on any atom is -0.394 e. The van der Waals surface area contributed by atoms with E-state index >= 15 is 0 Å². The molecule has 172 valence electrons. The van der Waals surface area contributed by atoms with Crippen LogP contribution in [0.5, 0.6) is 0 Å². The Kier molecular flexibility index (Phi) is 8.69. The van der Waals surface area contributed by atoms with Gasteiger partial charge in [0.25, 0.3) is 5.91 Å². The standard InChI is InChI=1S/C22H24Cl2FN3O4/c23-14-9-13(10-15(24)11-14)21(30)26-8-7-18-5-6-19(20(12-29)32-18)28-22(31)27-17-3-1-16(25)2-4-17/h1-4,9-11,18-20,29H,5-8,12H2,(H,26,30)(H2,27,28,31)/t18-,19-,20+/m1/s1. The molecular weight excluding hydrogens is 460 g/mol. The molecule has 4 N–H and O–H groups in total. The molecule has 1 heterocycles. The lowest BCUT2D eigenvalue weighted by molar-refractivity contribution is -0.0886. The van der Waals surface area contributed by atoms with Crippen molar-refractivity contribution in [1.29, 1.82) is 0 Å². The molecule has 0 bridgehead atoms. The van der Waals surface area contributed by atoms with E-state index in [0.717, 1.165) is 0 Å². The van der Waals surface area contributed by atoms with Crippen molar-refractivity contribution in [1.82, 2.24) is 10.6 Å². The van der Waals surface area contributed by atoms with E-state index in [1.54, 1.807) is 6.07 Å². The van der Waals surface area contributed by atoms with Crippen molar-refractivity contribution in [3.8, 4) is 0 Å². The van der Waals surface area contributed by atoms with Crippen molar-refractivity contribution in [2.24, 2.45) is 0 Å². The number of anilines is 1. The van der Waals surface area contributed by atoms with Gasteiger partial charge in [0.05, 0.1) is 18.8 Å². The Morgan fingerprint density at radius 3 is 2.44 bits per heavy atom. The van der Waals surface area contributed by atoms with E-state index in [1.807, 2.05) is 0 Å². The van der Waals surface area contributed by atoms with E-state index in [2.05, 4.69) is 16.0 Å². The summed E-state index contributed by atoms with van der Waals surface area (Å²) in [6, 6.07) is 9.20. The highest BCUT2D eigenvalue weighted by Crippen LogP contribution is 2.22. The van der Waals surface area contributed by atoms with Crippen molar-refractivity contribution in [2.75, 3.05) is 18.5 Å². The first kappa shape index (κ1) is 24.3. The zero-order valence-corrected chi connectivity index (χ0v) is 18.6. The fourth-order valence-electron chi connectivity index (χ4n) is 3.51. The Hall–Kier alpha value is -2.39. The van der Waals surface area contributed by atoms with Gasteiger partial charge in [0, 0.05) is 27.8 Å². The molecule has 32 heavy (non-hydrogen) atoms. The lowest BCUT2D eigenvalue weighted by atomic mass is 9.97. The summed E-state index contributed by atoms with van der Waals surface area (Å²) in [6.45, 7) is 0.111. The average Bonchev–Trinajstić information content (AvgIpc) is 2.75. The van der Waals surface area contributed by atoms with Gasteiger partial charge in [-0.25, -0.2) is 9.18 Å². The lowest BCUT2D eigenvalue weighted by Gasteiger charge is -2.36. The molecule has 0 saturated carbocycles. The first-order valence-corrected chi connectivity index (χ1v) is 10.9. The molecule has 1 aliphatic rings. The smallest absolute Gasteiger partial charge is 0.319 e. The molecule has 0 unspecified atom stereocenters. The normalized spacial score (nSPS) is 20.4. The van der Waals surface area contributed by atoms with Gasteiger partial charge in [-0.1, -0.05) is 23.2 Å². The predicted octanol–water partition coefficient (Wildman–Crippen LogP) is 3.98. The van der Waals surface area contributed by atoms with Crippen LogP contribution in [0.1, 0.15) is 29.6 Å². The number of nitrogens with one attached hydrogen (secondary N) is 3. The van der Waals surface area contributed by atoms with Crippen LogP contribution >= 0.6 is 23.2 Å². The van der Waals surface area contributed by atoms with Gasteiger partial charge in [-0.2, -0.15) is 0 Å². The van der Waals surface area contributed by atoms with E-state index < -0.39 is 18.0 Å². The third kappa shape index (κ3) is 7.06. The van der Waals surface area contributed by atoms with Crippen molar-refractivity contribution in [3.05, 3.63) is 63.9 Å². The van der Waals surface area contributed by atoms with Crippen molar-refractivity contribution in [3.63, 3.8) is 0 Å². The molecule has 2 aromatic carbocycles. The summed E-state index contributed by atoms with van der Waals surface area (Å²) in [5.41, 5.74) is 0.826. The van der Waals surface area contributed by atoms with Crippen LogP contribution in [0.2, 0.25) is 10.0 Å². The maximum atomic E-state index is 13.0. The fourth-order valence-corrected chi connectivity index (χ4v) is 4.04. The number of rotatable bonds is 7. The first-order valence-electron chi connectivity index (χ1n) is 10.2. The Morgan fingerprint density at radius 1 is 1.09 bits per heavy atom. The maximum Gasteiger partial charge on any atom is 0.319 e. The lowest BCUT2D eigenvalue weighted by Crippen LogP contribution is -2.52. The number of halogens is 3. The molecule has 0 spiro atoms. The minimum atomic E-state index is -0.574. The zero-order valence-electron chi connectivity index (χ0n) is 17.1. The third-order valence-corrected chi connectivity index (χ3v) is 5.53. The van der Waals surface area contributed by atoms with E-state index in [-0.39, 0.29) is 24.7 Å². The first-order chi connectivity index (χ1) is 15.3. The molecular formula is C22H24Cl2FN3O4. The highest BCUT2D eigenvalue weighted by Gasteiger charge is 2.31. The second-order valence-electron chi connectivity index (χ2n) is 7.47. The molecule has 10 heteroatoms. The summed E-state index contributed by atoms with van der Waals surface area (Å²) in [5, 5.41) is 18.7. The summed E-state index contributed by atoms with van der Waals surface area (Å²) in [5.74, 6) is -0.684. The summed E-state index contributed by atoms with van der Waals surface area (Å²) >= 11 is 11.9. The van der Waals surface area contributed by atoms with Gasteiger partial charge in [-0.3, -0.25) is 4.79 Å². The van der Waals surface area contributed by atoms with Gasteiger partial charge in [0.1, 0.15) is 11.9 Å². The third-order valence-electron chi connectivity index (χ3n) is 5.09. The monoisotopic (exact) mass is 483 g/mol. The number of amides is 3. The summed E-state index contributed by atoms with van der Waals surface area (Å²) in [7, 11) is 0. The molecule has 3 atom stereocenters. The molecule has 1 aliphatic heterocycles. The van der Waals surface area contributed by atoms with E-state index in [0.29, 0.717) is 47.1 Å². The molecule has 1 fully saturated rings. The SMILES string of the molecule is O=C(Nc1ccc(F)cc1)N[C@@H]1CC[C@H](CCNC(=O)c2cc(Cl)cc(Cl)c2)O[C@H]1CO. The van der Waals surface area contributed by atoms with Gasteiger partial charge in [0.15, 0.2) is 0 Å². The van der Waals surface area contributed by atoms with Crippen LogP contribution in [0.15, 0.2) is 42.5 Å². The summed E-state index contributed by atoms with van der Waals surface area (Å²) in [6.07, 6.45) is 1.05. The van der Waals surface area contributed by atoms with Crippen molar-refractivity contribution in [2.45, 2.75) is 37.5 Å². The van der Waals surface area contributed by atoms with Crippen molar-refractivity contribution < 1.29 is 23.8 Å². The molecule has 3 amide bonds. The maximum absolute atomic E-state index is 13.0. The second-order valence-corrected chi connectivity index (χ2v) is 8.34. The fraction of sp³-hybridized carbons (Fsp3) is 0.364. The highest BCUT2D eigenvalue weighted by molar-refractivity contribution is 6.35. The van der Waals surface area contributed by atoms with Crippen LogP contribution < -0.4 is 16.0 Å². The number of hydrogen-bond acceptors (Lipinski definition) is 4. The molecule has 1 saturated heterocycles. The largest absolute Gasteiger partial charge is 0.394 e. The average molecular weight is 484 g/mol. The van der Waals surface area contributed by atoms with Crippen LogP contribution in [-0.2, 0) is 4.74 Å². The molecule has 0 aromatic heterocycles. The Balaban J connectivity index is 1.44. The number of aliphatic hydroxyl groups excluding tert-OH is 1. The zero-order chi connectivity index (χ0) is 23.1.